The molecule has 1 unspecified atom stereocenters. The molecule has 3 aromatic rings. The van der Waals surface area contributed by atoms with Gasteiger partial charge in [0.15, 0.2) is 11.5 Å². The van der Waals surface area contributed by atoms with Gasteiger partial charge in [-0.3, -0.25) is 9.69 Å². The Kier molecular flexibility index (Phi) is 8.56. The standard InChI is InChI=1S/C29H33N7O5/c1-5-40-27(38)24-23(19-9-11-20(12-10-19)26(37)33-22-16-18(17-30)13-14-32-22)34-25(36(24)31)21-8-6-7-15-35(21)28(39)41-29(2,3)4/h9-14,16,21H,5-8,15,31H2,1-4H3,(H,32,33,37). The predicted octanol–water partition coefficient (Wildman–Crippen LogP) is 4.42. The van der Waals surface area contributed by atoms with Crippen molar-refractivity contribution in [3.8, 4) is 17.3 Å². The van der Waals surface area contributed by atoms with Crippen molar-refractivity contribution in [1.82, 2.24) is 19.5 Å². The van der Waals surface area contributed by atoms with Crippen LogP contribution in [0, 0.1) is 11.3 Å². The molecule has 0 saturated carbocycles. The number of hydrogen-bond acceptors (Lipinski definition) is 9. The zero-order chi connectivity index (χ0) is 29.7. The Hall–Kier alpha value is -4.92. The summed E-state index contributed by atoms with van der Waals surface area (Å²) in [5, 5.41) is 11.7. The van der Waals surface area contributed by atoms with Crippen molar-refractivity contribution in [2.24, 2.45) is 0 Å². The lowest BCUT2D eigenvalue weighted by Gasteiger charge is -2.36. The first-order chi connectivity index (χ1) is 19.5. The maximum Gasteiger partial charge on any atom is 0.410 e. The molecule has 0 aliphatic carbocycles. The Labute approximate surface area is 238 Å². The lowest BCUT2D eigenvalue weighted by molar-refractivity contribution is 0.00820. The third-order valence-corrected chi connectivity index (χ3v) is 6.39. The molecule has 3 heterocycles. The molecule has 214 valence electrons. The molecular weight excluding hydrogens is 526 g/mol. The number of nitrogens with one attached hydrogen (secondary N) is 1. The van der Waals surface area contributed by atoms with E-state index < -0.39 is 29.6 Å². The van der Waals surface area contributed by atoms with Gasteiger partial charge in [0.2, 0.25) is 0 Å². The molecule has 1 aliphatic rings. The number of nitrogens with two attached hydrogens (primary N) is 1. The summed E-state index contributed by atoms with van der Waals surface area (Å²) in [5.41, 5.74) is 0.845. The minimum Gasteiger partial charge on any atom is -0.461 e. The summed E-state index contributed by atoms with van der Waals surface area (Å²) in [5.74, 6) is 5.96. The van der Waals surface area contributed by atoms with Crippen LogP contribution in [0.3, 0.4) is 0 Å². The minimum absolute atomic E-state index is 0.0336. The zero-order valence-corrected chi connectivity index (χ0v) is 23.5. The van der Waals surface area contributed by atoms with Crippen molar-refractivity contribution >= 4 is 23.8 Å². The Bertz CT molecular complexity index is 1480. The number of carbonyl (C=O) groups excluding carboxylic acids is 3. The summed E-state index contributed by atoms with van der Waals surface area (Å²) in [6.45, 7) is 7.69. The normalized spacial score (nSPS) is 15.1. The van der Waals surface area contributed by atoms with Gasteiger partial charge in [-0.1, -0.05) is 12.1 Å². The molecule has 1 atom stereocenters. The smallest absolute Gasteiger partial charge is 0.410 e. The van der Waals surface area contributed by atoms with Crippen LogP contribution >= 0.6 is 0 Å². The van der Waals surface area contributed by atoms with Gasteiger partial charge in [-0.15, -0.1) is 0 Å². The van der Waals surface area contributed by atoms with Gasteiger partial charge < -0.3 is 20.6 Å². The summed E-state index contributed by atoms with van der Waals surface area (Å²) in [4.78, 5) is 49.3. The Morgan fingerprint density at radius 3 is 2.56 bits per heavy atom. The summed E-state index contributed by atoms with van der Waals surface area (Å²) >= 11 is 0. The Morgan fingerprint density at radius 2 is 1.90 bits per heavy atom. The maximum atomic E-state index is 13.1. The first kappa shape index (κ1) is 29.1. The third-order valence-electron chi connectivity index (χ3n) is 6.39. The minimum atomic E-state index is -0.679. The highest BCUT2D eigenvalue weighted by atomic mass is 16.6. The van der Waals surface area contributed by atoms with Crippen LogP contribution < -0.4 is 11.2 Å². The molecule has 0 bridgehead atoms. The van der Waals surface area contributed by atoms with Crippen LogP contribution in [0.25, 0.3) is 11.3 Å². The van der Waals surface area contributed by atoms with Crippen LogP contribution in [0.4, 0.5) is 10.6 Å². The number of aromatic nitrogens is 3. The largest absolute Gasteiger partial charge is 0.461 e. The number of ether oxygens (including phenoxy) is 2. The lowest BCUT2D eigenvalue weighted by atomic mass is 10.0. The van der Waals surface area contributed by atoms with E-state index in [1.54, 1.807) is 56.9 Å². The zero-order valence-electron chi connectivity index (χ0n) is 23.5. The van der Waals surface area contributed by atoms with E-state index in [-0.39, 0.29) is 23.8 Å². The number of nitriles is 1. The lowest BCUT2D eigenvalue weighted by Crippen LogP contribution is -2.43. The molecular formula is C29H33N7O5. The highest BCUT2D eigenvalue weighted by Gasteiger charge is 2.36. The fourth-order valence-corrected chi connectivity index (χ4v) is 4.56. The fraction of sp³-hybridized carbons (Fsp3) is 0.379. The molecule has 2 aromatic heterocycles. The first-order valence-electron chi connectivity index (χ1n) is 13.3. The number of benzene rings is 1. The van der Waals surface area contributed by atoms with Crippen molar-refractivity contribution < 1.29 is 23.9 Å². The fourth-order valence-electron chi connectivity index (χ4n) is 4.56. The second-order valence-corrected chi connectivity index (χ2v) is 10.5. The van der Waals surface area contributed by atoms with E-state index in [1.165, 1.54) is 23.0 Å². The average Bonchev–Trinajstić information content (AvgIpc) is 3.29. The van der Waals surface area contributed by atoms with Crippen molar-refractivity contribution in [2.45, 2.75) is 58.6 Å². The number of nitrogen functional groups attached to an aromatic ring is 1. The number of nitrogens with zero attached hydrogens (tertiary/aromatic N) is 5. The topological polar surface area (TPSA) is 165 Å². The van der Waals surface area contributed by atoms with Gasteiger partial charge in [0, 0.05) is 23.9 Å². The molecule has 41 heavy (non-hydrogen) atoms. The maximum absolute atomic E-state index is 13.1. The van der Waals surface area contributed by atoms with Crippen LogP contribution in [0.15, 0.2) is 42.6 Å². The van der Waals surface area contributed by atoms with E-state index in [0.29, 0.717) is 35.5 Å². The predicted molar refractivity (Wildman–Crippen MR) is 150 cm³/mol. The molecule has 1 aromatic carbocycles. The average molecular weight is 560 g/mol. The molecule has 0 radical (unpaired) electrons. The van der Waals surface area contributed by atoms with Crippen molar-refractivity contribution in [1.29, 1.82) is 5.26 Å². The number of pyridine rings is 1. The molecule has 4 rings (SSSR count). The van der Waals surface area contributed by atoms with E-state index in [2.05, 4.69) is 10.3 Å². The molecule has 3 N–H and O–H groups in total. The second-order valence-electron chi connectivity index (χ2n) is 10.5. The first-order valence-corrected chi connectivity index (χ1v) is 13.3. The summed E-state index contributed by atoms with van der Waals surface area (Å²) in [7, 11) is 0. The van der Waals surface area contributed by atoms with E-state index in [1.807, 2.05) is 6.07 Å². The number of amides is 2. The monoisotopic (exact) mass is 559 g/mol. The highest BCUT2D eigenvalue weighted by Crippen LogP contribution is 2.35. The van der Waals surface area contributed by atoms with Gasteiger partial charge >= 0.3 is 12.1 Å². The van der Waals surface area contributed by atoms with E-state index in [4.69, 9.17) is 25.6 Å². The number of likely N-dealkylation sites (tertiary alicyclic amines) is 1. The van der Waals surface area contributed by atoms with Gasteiger partial charge in [0.05, 0.1) is 24.3 Å². The number of hydrogen-bond donors (Lipinski definition) is 2. The number of carbonyl (C=O) groups is 3. The van der Waals surface area contributed by atoms with Gasteiger partial charge in [0.1, 0.15) is 17.1 Å². The summed E-state index contributed by atoms with van der Waals surface area (Å²) in [6, 6.07) is 11.0. The number of imidazole rings is 1. The number of piperidine rings is 1. The molecule has 1 saturated heterocycles. The molecule has 0 spiro atoms. The van der Waals surface area contributed by atoms with Crippen LogP contribution in [-0.2, 0) is 9.47 Å². The number of rotatable bonds is 6. The van der Waals surface area contributed by atoms with E-state index in [9.17, 15) is 14.4 Å². The van der Waals surface area contributed by atoms with Crippen molar-refractivity contribution in [2.75, 3.05) is 24.3 Å². The summed E-state index contributed by atoms with van der Waals surface area (Å²) in [6.07, 6.45) is 3.20. The second kappa shape index (κ2) is 12.1. The summed E-state index contributed by atoms with van der Waals surface area (Å²) < 4.78 is 12.1. The Morgan fingerprint density at radius 1 is 1.17 bits per heavy atom. The Balaban J connectivity index is 1.67. The highest BCUT2D eigenvalue weighted by molar-refractivity contribution is 6.04. The van der Waals surface area contributed by atoms with Gasteiger partial charge in [0.25, 0.3) is 5.91 Å². The van der Waals surface area contributed by atoms with Crippen LogP contribution in [0.1, 0.15) is 85.2 Å². The van der Waals surface area contributed by atoms with Gasteiger partial charge in [-0.25, -0.2) is 24.2 Å². The van der Waals surface area contributed by atoms with Gasteiger partial charge in [-0.2, -0.15) is 5.26 Å². The molecule has 12 nitrogen and oxygen atoms in total. The molecule has 1 aliphatic heterocycles. The van der Waals surface area contributed by atoms with Gasteiger partial charge in [-0.05, 0) is 71.2 Å². The van der Waals surface area contributed by atoms with Crippen LogP contribution in [-0.4, -0.2) is 56.3 Å². The number of esters is 1. The quantitative estimate of drug-likeness (QED) is 0.328. The van der Waals surface area contributed by atoms with E-state index >= 15 is 0 Å². The van der Waals surface area contributed by atoms with Crippen molar-refractivity contribution in [3.05, 3.63) is 65.2 Å². The SMILES string of the molecule is CCOC(=O)c1c(-c2ccc(C(=O)Nc3cc(C#N)ccn3)cc2)nc(C2CCCCN2C(=O)OC(C)(C)C)n1N. The number of anilines is 1. The molecule has 2 amide bonds. The van der Waals surface area contributed by atoms with E-state index in [0.717, 1.165) is 12.8 Å². The third kappa shape index (κ3) is 6.63. The van der Waals surface area contributed by atoms with Crippen LogP contribution in [0.2, 0.25) is 0 Å². The molecule has 1 fully saturated rings. The van der Waals surface area contributed by atoms with Crippen LogP contribution in [0.5, 0.6) is 0 Å². The van der Waals surface area contributed by atoms with Crippen molar-refractivity contribution in [3.63, 3.8) is 0 Å². The molecule has 12 heteroatoms.